The van der Waals surface area contributed by atoms with E-state index in [1.807, 2.05) is 41.8 Å². The molecule has 0 radical (unpaired) electrons. The normalized spacial score (nSPS) is 10.8. The van der Waals surface area contributed by atoms with Gasteiger partial charge in [-0.25, -0.2) is 0 Å². The molecule has 2 heterocycles. The second kappa shape index (κ2) is 7.31. The standard InChI is InChI=1S/C16H17N5O2S/c1-3-21-15(12-7-5-4-6-8-12)18-19-16(21)24-10-13(22)17-14-9-11(2)20-23-14/h4-9H,3,10H2,1-2H3,(H,17,22). The van der Waals surface area contributed by atoms with Crippen molar-refractivity contribution in [2.45, 2.75) is 25.5 Å². The van der Waals surface area contributed by atoms with Crippen molar-refractivity contribution < 1.29 is 9.32 Å². The summed E-state index contributed by atoms with van der Waals surface area (Å²) in [7, 11) is 0. The predicted octanol–water partition coefficient (Wildman–Crippen LogP) is 2.99. The molecule has 3 aromatic rings. The number of nitrogens with zero attached hydrogens (tertiary/aromatic N) is 4. The van der Waals surface area contributed by atoms with Crippen molar-refractivity contribution in [2.75, 3.05) is 11.1 Å². The first-order valence-corrected chi connectivity index (χ1v) is 8.50. The maximum Gasteiger partial charge on any atom is 0.237 e. The Morgan fingerprint density at radius 2 is 2.08 bits per heavy atom. The van der Waals surface area contributed by atoms with Gasteiger partial charge in [-0.05, 0) is 13.8 Å². The van der Waals surface area contributed by atoms with Crippen molar-refractivity contribution in [3.8, 4) is 11.4 Å². The number of nitrogens with one attached hydrogen (secondary N) is 1. The van der Waals surface area contributed by atoms with Crippen LogP contribution in [-0.2, 0) is 11.3 Å². The summed E-state index contributed by atoms with van der Waals surface area (Å²) in [6.07, 6.45) is 0. The number of rotatable bonds is 6. The number of anilines is 1. The molecule has 0 saturated heterocycles. The topological polar surface area (TPSA) is 85.8 Å². The summed E-state index contributed by atoms with van der Waals surface area (Å²) in [4.78, 5) is 12.0. The van der Waals surface area contributed by atoms with Crippen molar-refractivity contribution >= 4 is 23.6 Å². The van der Waals surface area contributed by atoms with Gasteiger partial charge in [-0.15, -0.1) is 10.2 Å². The number of aromatic nitrogens is 4. The number of hydrogen-bond acceptors (Lipinski definition) is 6. The van der Waals surface area contributed by atoms with Crippen LogP contribution in [-0.4, -0.2) is 31.6 Å². The fourth-order valence-electron chi connectivity index (χ4n) is 2.21. The molecule has 0 unspecified atom stereocenters. The smallest absolute Gasteiger partial charge is 0.237 e. The molecule has 24 heavy (non-hydrogen) atoms. The molecule has 0 bridgehead atoms. The lowest BCUT2D eigenvalue weighted by atomic mass is 10.2. The fraction of sp³-hybridized carbons (Fsp3) is 0.250. The van der Waals surface area contributed by atoms with E-state index >= 15 is 0 Å². The number of benzene rings is 1. The van der Waals surface area contributed by atoms with Crippen molar-refractivity contribution in [2.24, 2.45) is 0 Å². The van der Waals surface area contributed by atoms with E-state index in [-0.39, 0.29) is 11.7 Å². The van der Waals surface area contributed by atoms with Crippen LogP contribution in [0.1, 0.15) is 12.6 Å². The van der Waals surface area contributed by atoms with Crippen LogP contribution >= 0.6 is 11.8 Å². The van der Waals surface area contributed by atoms with Crippen molar-refractivity contribution in [1.82, 2.24) is 19.9 Å². The molecule has 8 heteroatoms. The van der Waals surface area contributed by atoms with E-state index in [1.54, 1.807) is 13.0 Å². The molecule has 0 fully saturated rings. The summed E-state index contributed by atoms with van der Waals surface area (Å²) in [5.74, 6) is 1.18. The van der Waals surface area contributed by atoms with Crippen LogP contribution < -0.4 is 5.32 Å². The molecule has 3 rings (SSSR count). The van der Waals surface area contributed by atoms with Gasteiger partial charge in [0.2, 0.25) is 11.8 Å². The SMILES string of the molecule is CCn1c(SCC(=O)Nc2cc(C)no2)nnc1-c1ccccc1. The second-order valence-corrected chi connectivity index (χ2v) is 6.03. The van der Waals surface area contributed by atoms with Crippen molar-refractivity contribution in [3.63, 3.8) is 0 Å². The molecule has 0 aliphatic heterocycles. The summed E-state index contributed by atoms with van der Waals surface area (Å²) in [6.45, 7) is 4.54. The molecule has 0 atom stereocenters. The third-order valence-electron chi connectivity index (χ3n) is 3.29. The molecule has 0 spiro atoms. The van der Waals surface area contributed by atoms with Gasteiger partial charge < -0.3 is 9.09 Å². The zero-order chi connectivity index (χ0) is 16.9. The van der Waals surface area contributed by atoms with E-state index in [0.29, 0.717) is 11.0 Å². The van der Waals surface area contributed by atoms with Crippen molar-refractivity contribution in [3.05, 3.63) is 42.1 Å². The Labute approximate surface area is 143 Å². The number of carbonyl (C=O) groups excluding carboxylic acids is 1. The highest BCUT2D eigenvalue weighted by Crippen LogP contribution is 2.23. The molecule has 1 amide bonds. The van der Waals surface area contributed by atoms with Gasteiger partial charge in [0.1, 0.15) is 0 Å². The van der Waals surface area contributed by atoms with Gasteiger partial charge in [-0.3, -0.25) is 10.1 Å². The van der Waals surface area contributed by atoms with Crippen molar-refractivity contribution in [1.29, 1.82) is 0 Å². The molecular formula is C16H17N5O2S. The summed E-state index contributed by atoms with van der Waals surface area (Å²) in [6, 6.07) is 11.5. The monoisotopic (exact) mass is 343 g/mol. The van der Waals surface area contributed by atoms with E-state index in [4.69, 9.17) is 4.52 Å². The lowest BCUT2D eigenvalue weighted by Gasteiger charge is -2.07. The van der Waals surface area contributed by atoms with Crippen LogP contribution in [0.3, 0.4) is 0 Å². The van der Waals surface area contributed by atoms with Crippen LogP contribution in [0.25, 0.3) is 11.4 Å². The highest BCUT2D eigenvalue weighted by molar-refractivity contribution is 7.99. The summed E-state index contributed by atoms with van der Waals surface area (Å²) in [5, 5.41) is 15.6. The maximum absolute atomic E-state index is 12.0. The third-order valence-corrected chi connectivity index (χ3v) is 4.25. The number of aryl methyl sites for hydroxylation is 1. The molecule has 124 valence electrons. The van der Waals surface area contributed by atoms with Crippen LogP contribution in [0, 0.1) is 6.92 Å². The minimum Gasteiger partial charge on any atom is -0.338 e. The van der Waals surface area contributed by atoms with Gasteiger partial charge in [-0.2, -0.15) is 0 Å². The van der Waals surface area contributed by atoms with Gasteiger partial charge in [0, 0.05) is 18.2 Å². The zero-order valence-electron chi connectivity index (χ0n) is 13.4. The second-order valence-electron chi connectivity index (χ2n) is 5.09. The molecule has 2 aromatic heterocycles. The molecule has 0 aliphatic carbocycles. The first kappa shape index (κ1) is 16.3. The Balaban J connectivity index is 1.67. The van der Waals surface area contributed by atoms with Gasteiger partial charge in [0.15, 0.2) is 11.0 Å². The summed E-state index contributed by atoms with van der Waals surface area (Å²) in [5.41, 5.74) is 1.72. The molecule has 7 nitrogen and oxygen atoms in total. The summed E-state index contributed by atoms with van der Waals surface area (Å²) < 4.78 is 6.96. The van der Waals surface area contributed by atoms with E-state index < -0.39 is 0 Å². The average Bonchev–Trinajstić information content (AvgIpc) is 3.19. The highest BCUT2D eigenvalue weighted by atomic mass is 32.2. The largest absolute Gasteiger partial charge is 0.338 e. The minimum atomic E-state index is -0.178. The molecule has 1 aromatic carbocycles. The van der Waals surface area contributed by atoms with E-state index in [0.717, 1.165) is 23.6 Å². The quantitative estimate of drug-likeness (QED) is 0.693. The minimum absolute atomic E-state index is 0.178. The Hall–Kier alpha value is -2.61. The van der Waals surface area contributed by atoms with E-state index in [2.05, 4.69) is 20.7 Å². The number of carbonyl (C=O) groups is 1. The molecule has 1 N–H and O–H groups in total. The van der Waals surface area contributed by atoms with Gasteiger partial charge in [0.25, 0.3) is 0 Å². The summed E-state index contributed by atoms with van der Waals surface area (Å²) >= 11 is 1.34. The van der Waals surface area contributed by atoms with Gasteiger partial charge >= 0.3 is 0 Å². The first-order valence-electron chi connectivity index (χ1n) is 7.52. The van der Waals surface area contributed by atoms with Crippen LogP contribution in [0.15, 0.2) is 46.1 Å². The number of amides is 1. The maximum atomic E-state index is 12.0. The molecular weight excluding hydrogens is 326 g/mol. The zero-order valence-corrected chi connectivity index (χ0v) is 14.2. The Morgan fingerprint density at radius 1 is 1.29 bits per heavy atom. The van der Waals surface area contributed by atoms with Crippen LogP contribution in [0.2, 0.25) is 0 Å². The van der Waals surface area contributed by atoms with Crippen LogP contribution in [0.5, 0.6) is 0 Å². The number of hydrogen-bond donors (Lipinski definition) is 1. The first-order chi connectivity index (χ1) is 11.7. The Morgan fingerprint density at radius 3 is 2.75 bits per heavy atom. The lowest BCUT2D eigenvalue weighted by molar-refractivity contribution is -0.113. The van der Waals surface area contributed by atoms with Gasteiger partial charge in [0.05, 0.1) is 11.4 Å². The average molecular weight is 343 g/mol. The van der Waals surface area contributed by atoms with E-state index in [9.17, 15) is 4.79 Å². The fourth-order valence-corrected chi connectivity index (χ4v) is 3.01. The molecule has 0 saturated carbocycles. The van der Waals surface area contributed by atoms with Crippen LogP contribution in [0.4, 0.5) is 5.88 Å². The van der Waals surface area contributed by atoms with E-state index in [1.165, 1.54) is 11.8 Å². The highest BCUT2D eigenvalue weighted by Gasteiger charge is 2.15. The Bertz CT molecular complexity index is 828. The molecule has 0 aliphatic rings. The Kier molecular flexibility index (Phi) is 4.95. The third kappa shape index (κ3) is 3.65. The van der Waals surface area contributed by atoms with Gasteiger partial charge in [-0.1, -0.05) is 47.3 Å². The lowest BCUT2D eigenvalue weighted by Crippen LogP contribution is -2.14. The predicted molar refractivity (Wildman–Crippen MR) is 91.7 cm³/mol. The number of thioether (sulfide) groups is 1.